The molecular formula is C10H17N3O2S. The lowest BCUT2D eigenvalue weighted by Gasteiger charge is -2.11. The zero-order chi connectivity index (χ0) is 11.5. The van der Waals surface area contributed by atoms with Crippen molar-refractivity contribution in [2.75, 3.05) is 6.61 Å². The number of H-pyrrole nitrogens is 1. The zero-order valence-electron chi connectivity index (χ0n) is 9.60. The Bertz CT molecular complexity index is 393. The number of nitrogens with zero attached hydrogens (tertiary/aromatic N) is 2. The van der Waals surface area contributed by atoms with Crippen LogP contribution < -0.4 is 5.69 Å². The molecule has 5 nitrogen and oxygen atoms in total. The quantitative estimate of drug-likeness (QED) is 0.809. The lowest BCUT2D eigenvalue weighted by atomic mass is 10.2. The molecule has 1 saturated heterocycles. The Balaban J connectivity index is 2.11. The first-order valence-electron chi connectivity index (χ1n) is 5.60. The molecule has 6 heteroatoms. The SMILES string of the molecule is CC(C)Sc1n[nH]c(=O)n1CC1CCCO1. The maximum absolute atomic E-state index is 11.6. The van der Waals surface area contributed by atoms with Crippen molar-refractivity contribution in [3.05, 3.63) is 10.5 Å². The van der Waals surface area contributed by atoms with Gasteiger partial charge in [-0.1, -0.05) is 25.6 Å². The van der Waals surface area contributed by atoms with Gasteiger partial charge in [0.25, 0.3) is 0 Å². The van der Waals surface area contributed by atoms with Gasteiger partial charge in [-0.3, -0.25) is 4.57 Å². The maximum Gasteiger partial charge on any atom is 0.344 e. The summed E-state index contributed by atoms with van der Waals surface area (Å²) in [5, 5.41) is 7.70. The van der Waals surface area contributed by atoms with Crippen LogP contribution in [0.1, 0.15) is 26.7 Å². The summed E-state index contributed by atoms with van der Waals surface area (Å²) in [6, 6.07) is 0. The highest BCUT2D eigenvalue weighted by molar-refractivity contribution is 7.99. The number of rotatable bonds is 4. The van der Waals surface area contributed by atoms with Gasteiger partial charge in [0.15, 0.2) is 5.16 Å². The number of nitrogens with one attached hydrogen (secondary N) is 1. The van der Waals surface area contributed by atoms with Crippen LogP contribution in [0.2, 0.25) is 0 Å². The van der Waals surface area contributed by atoms with E-state index in [0.717, 1.165) is 24.6 Å². The van der Waals surface area contributed by atoms with Crippen LogP contribution in [0, 0.1) is 0 Å². The van der Waals surface area contributed by atoms with Crippen LogP contribution in [0.15, 0.2) is 9.95 Å². The molecule has 2 rings (SSSR count). The summed E-state index contributed by atoms with van der Waals surface area (Å²) in [5.74, 6) is 0. The van der Waals surface area contributed by atoms with E-state index in [1.165, 1.54) is 0 Å². The fourth-order valence-corrected chi connectivity index (χ4v) is 2.56. The van der Waals surface area contributed by atoms with Gasteiger partial charge in [-0.15, -0.1) is 5.10 Å². The topological polar surface area (TPSA) is 59.9 Å². The predicted octanol–water partition coefficient (Wildman–Crippen LogP) is 1.25. The molecular weight excluding hydrogens is 226 g/mol. The highest BCUT2D eigenvalue weighted by Crippen LogP contribution is 2.21. The first-order chi connectivity index (χ1) is 7.66. The molecule has 0 saturated carbocycles. The highest BCUT2D eigenvalue weighted by atomic mass is 32.2. The molecule has 1 N–H and O–H groups in total. The van der Waals surface area contributed by atoms with Crippen molar-refractivity contribution in [2.45, 2.75) is 49.7 Å². The molecule has 1 aromatic heterocycles. The molecule has 0 amide bonds. The summed E-state index contributed by atoms with van der Waals surface area (Å²) in [7, 11) is 0. The number of aromatic amines is 1. The second-order valence-electron chi connectivity index (χ2n) is 4.22. The fraction of sp³-hybridized carbons (Fsp3) is 0.800. The molecule has 1 fully saturated rings. The van der Waals surface area contributed by atoms with Gasteiger partial charge in [0.2, 0.25) is 0 Å². The van der Waals surface area contributed by atoms with E-state index in [0.29, 0.717) is 11.8 Å². The molecule has 1 aliphatic heterocycles. The van der Waals surface area contributed by atoms with Crippen molar-refractivity contribution in [3.8, 4) is 0 Å². The summed E-state index contributed by atoms with van der Waals surface area (Å²) < 4.78 is 7.21. The van der Waals surface area contributed by atoms with E-state index in [2.05, 4.69) is 24.0 Å². The third-order valence-corrected chi connectivity index (χ3v) is 3.47. The molecule has 0 aromatic carbocycles. The van der Waals surface area contributed by atoms with Crippen molar-refractivity contribution in [1.82, 2.24) is 14.8 Å². The molecule has 1 aliphatic rings. The zero-order valence-corrected chi connectivity index (χ0v) is 10.4. The molecule has 1 aromatic rings. The van der Waals surface area contributed by atoms with Crippen molar-refractivity contribution in [3.63, 3.8) is 0 Å². The van der Waals surface area contributed by atoms with Gasteiger partial charge >= 0.3 is 5.69 Å². The van der Waals surface area contributed by atoms with Crippen molar-refractivity contribution < 1.29 is 4.74 Å². The Labute approximate surface area is 98.6 Å². The van der Waals surface area contributed by atoms with Crippen molar-refractivity contribution >= 4 is 11.8 Å². The second kappa shape index (κ2) is 5.05. The van der Waals surface area contributed by atoms with E-state index in [-0.39, 0.29) is 11.8 Å². The summed E-state index contributed by atoms with van der Waals surface area (Å²) in [4.78, 5) is 11.6. The Morgan fingerprint density at radius 2 is 2.50 bits per heavy atom. The number of hydrogen-bond acceptors (Lipinski definition) is 4. The summed E-state index contributed by atoms with van der Waals surface area (Å²) in [6.45, 7) is 5.59. The molecule has 2 heterocycles. The van der Waals surface area contributed by atoms with E-state index in [4.69, 9.17) is 4.74 Å². The average Bonchev–Trinajstić information content (AvgIpc) is 2.82. The van der Waals surface area contributed by atoms with E-state index >= 15 is 0 Å². The van der Waals surface area contributed by atoms with Crippen LogP contribution in [0.25, 0.3) is 0 Å². The van der Waals surface area contributed by atoms with Gasteiger partial charge in [-0.05, 0) is 12.8 Å². The summed E-state index contributed by atoms with van der Waals surface area (Å²) in [5.41, 5.74) is -0.140. The second-order valence-corrected chi connectivity index (χ2v) is 5.77. The first-order valence-corrected chi connectivity index (χ1v) is 6.48. The Morgan fingerprint density at radius 1 is 1.69 bits per heavy atom. The molecule has 90 valence electrons. The van der Waals surface area contributed by atoms with Gasteiger partial charge in [0.05, 0.1) is 12.6 Å². The molecule has 0 aliphatic carbocycles. The van der Waals surface area contributed by atoms with Crippen LogP contribution in [0.5, 0.6) is 0 Å². The highest BCUT2D eigenvalue weighted by Gasteiger charge is 2.19. The molecule has 0 spiro atoms. The van der Waals surface area contributed by atoms with Crippen LogP contribution >= 0.6 is 11.8 Å². The van der Waals surface area contributed by atoms with Crippen LogP contribution in [-0.4, -0.2) is 32.7 Å². The fourth-order valence-electron chi connectivity index (χ4n) is 1.76. The minimum Gasteiger partial charge on any atom is -0.376 e. The largest absolute Gasteiger partial charge is 0.376 e. The van der Waals surface area contributed by atoms with E-state index < -0.39 is 0 Å². The van der Waals surface area contributed by atoms with Gasteiger partial charge in [-0.2, -0.15) is 0 Å². The van der Waals surface area contributed by atoms with Gasteiger partial charge in [0, 0.05) is 11.9 Å². The van der Waals surface area contributed by atoms with E-state index in [9.17, 15) is 4.79 Å². The predicted molar refractivity (Wildman–Crippen MR) is 62.8 cm³/mol. The Kier molecular flexibility index (Phi) is 3.70. The Morgan fingerprint density at radius 3 is 3.12 bits per heavy atom. The maximum atomic E-state index is 11.6. The van der Waals surface area contributed by atoms with E-state index in [1.54, 1.807) is 16.3 Å². The van der Waals surface area contributed by atoms with Gasteiger partial charge in [-0.25, -0.2) is 9.89 Å². The van der Waals surface area contributed by atoms with Crippen LogP contribution in [0.3, 0.4) is 0 Å². The lowest BCUT2D eigenvalue weighted by molar-refractivity contribution is 0.0941. The minimum absolute atomic E-state index is 0.140. The van der Waals surface area contributed by atoms with Crippen molar-refractivity contribution in [1.29, 1.82) is 0 Å². The first kappa shape index (κ1) is 11.7. The average molecular weight is 243 g/mol. The van der Waals surface area contributed by atoms with Crippen LogP contribution in [0.4, 0.5) is 0 Å². The van der Waals surface area contributed by atoms with Crippen molar-refractivity contribution in [2.24, 2.45) is 0 Å². The normalized spacial score (nSPS) is 20.8. The monoisotopic (exact) mass is 243 g/mol. The lowest BCUT2D eigenvalue weighted by Crippen LogP contribution is -2.25. The van der Waals surface area contributed by atoms with E-state index in [1.807, 2.05) is 0 Å². The molecule has 1 unspecified atom stereocenters. The summed E-state index contributed by atoms with van der Waals surface area (Å²) in [6.07, 6.45) is 2.29. The number of aromatic nitrogens is 3. The number of thioether (sulfide) groups is 1. The summed E-state index contributed by atoms with van der Waals surface area (Å²) >= 11 is 1.59. The number of ether oxygens (including phenoxy) is 1. The smallest absolute Gasteiger partial charge is 0.344 e. The third-order valence-electron chi connectivity index (χ3n) is 2.47. The standard InChI is InChI=1S/C10H17N3O2S/c1-7(2)16-10-12-11-9(14)13(10)6-8-4-3-5-15-8/h7-8H,3-6H2,1-2H3,(H,11,14). The van der Waals surface area contributed by atoms with Crippen LogP contribution in [-0.2, 0) is 11.3 Å². The molecule has 0 bridgehead atoms. The third kappa shape index (κ3) is 2.68. The Hall–Kier alpha value is -0.750. The van der Waals surface area contributed by atoms with Gasteiger partial charge < -0.3 is 4.74 Å². The molecule has 16 heavy (non-hydrogen) atoms. The number of hydrogen-bond donors (Lipinski definition) is 1. The van der Waals surface area contributed by atoms with Gasteiger partial charge in [0.1, 0.15) is 0 Å². The molecule has 1 atom stereocenters. The molecule has 0 radical (unpaired) electrons. The minimum atomic E-state index is -0.140.